The SMILES string of the molecule is CCc1cc(C(=O)O)c(C(=O)OC(CC)CCC(C)C)cc1C. The molecule has 0 aliphatic rings. The summed E-state index contributed by atoms with van der Waals surface area (Å²) in [6.07, 6.45) is 3.07. The largest absolute Gasteiger partial charge is 0.478 e. The number of aromatic carboxylic acids is 1. The molecule has 1 aromatic carbocycles. The monoisotopic (exact) mass is 320 g/mol. The van der Waals surface area contributed by atoms with Crippen molar-refractivity contribution in [2.75, 3.05) is 0 Å². The first-order chi connectivity index (χ1) is 10.8. The molecule has 0 aliphatic carbocycles. The average Bonchev–Trinajstić information content (AvgIpc) is 2.50. The second-order valence-corrected chi connectivity index (χ2v) is 6.39. The lowest BCUT2D eigenvalue weighted by Gasteiger charge is -2.18. The van der Waals surface area contributed by atoms with Crippen LogP contribution in [0.4, 0.5) is 0 Å². The van der Waals surface area contributed by atoms with Gasteiger partial charge in [-0.1, -0.05) is 27.7 Å². The van der Waals surface area contributed by atoms with Gasteiger partial charge in [0.05, 0.1) is 11.1 Å². The Kier molecular flexibility index (Phi) is 7.27. The summed E-state index contributed by atoms with van der Waals surface area (Å²) in [5.41, 5.74) is 2.02. The lowest BCUT2D eigenvalue weighted by Crippen LogP contribution is -2.20. The van der Waals surface area contributed by atoms with Crippen molar-refractivity contribution in [3.8, 4) is 0 Å². The number of carbonyl (C=O) groups excluding carboxylic acids is 1. The Bertz CT molecular complexity index is 561. The second kappa shape index (κ2) is 8.70. The molecule has 4 heteroatoms. The zero-order valence-electron chi connectivity index (χ0n) is 14.8. The van der Waals surface area contributed by atoms with E-state index in [1.807, 2.05) is 20.8 Å². The predicted molar refractivity (Wildman–Crippen MR) is 91.1 cm³/mol. The minimum atomic E-state index is -1.10. The van der Waals surface area contributed by atoms with E-state index >= 15 is 0 Å². The summed E-state index contributed by atoms with van der Waals surface area (Å²) < 4.78 is 5.55. The molecule has 23 heavy (non-hydrogen) atoms. The van der Waals surface area contributed by atoms with Gasteiger partial charge in [-0.05, 0) is 61.8 Å². The van der Waals surface area contributed by atoms with Crippen LogP contribution in [0.2, 0.25) is 0 Å². The normalized spacial score (nSPS) is 12.3. The predicted octanol–water partition coefficient (Wildman–Crippen LogP) is 4.63. The van der Waals surface area contributed by atoms with Crippen LogP contribution in [0.1, 0.15) is 78.8 Å². The smallest absolute Gasteiger partial charge is 0.339 e. The number of hydrogen-bond acceptors (Lipinski definition) is 3. The van der Waals surface area contributed by atoms with E-state index in [1.165, 1.54) is 0 Å². The van der Waals surface area contributed by atoms with Crippen molar-refractivity contribution in [1.29, 1.82) is 0 Å². The first kappa shape index (κ1) is 19.2. The van der Waals surface area contributed by atoms with Crippen molar-refractivity contribution in [1.82, 2.24) is 0 Å². The van der Waals surface area contributed by atoms with Crippen molar-refractivity contribution in [2.24, 2.45) is 5.92 Å². The maximum atomic E-state index is 12.5. The lowest BCUT2D eigenvalue weighted by molar-refractivity contribution is 0.0255. The second-order valence-electron chi connectivity index (χ2n) is 6.39. The molecule has 0 aliphatic heterocycles. The van der Waals surface area contributed by atoms with Crippen LogP contribution in [0.5, 0.6) is 0 Å². The first-order valence-electron chi connectivity index (χ1n) is 8.37. The van der Waals surface area contributed by atoms with Gasteiger partial charge in [0.2, 0.25) is 0 Å². The van der Waals surface area contributed by atoms with Crippen molar-refractivity contribution in [3.05, 3.63) is 34.4 Å². The van der Waals surface area contributed by atoms with E-state index in [0.717, 1.165) is 36.8 Å². The Morgan fingerprint density at radius 1 is 1.13 bits per heavy atom. The third-order valence-electron chi connectivity index (χ3n) is 4.10. The summed E-state index contributed by atoms with van der Waals surface area (Å²) in [6, 6.07) is 3.23. The average molecular weight is 320 g/mol. The van der Waals surface area contributed by atoms with E-state index in [4.69, 9.17) is 4.74 Å². The fourth-order valence-electron chi connectivity index (χ4n) is 2.56. The number of carboxylic acids is 1. The van der Waals surface area contributed by atoms with Crippen molar-refractivity contribution in [3.63, 3.8) is 0 Å². The standard InChI is InChI=1S/C19H28O4/c1-6-14-11-16(18(20)21)17(10-13(14)5)19(22)23-15(7-2)9-8-12(3)4/h10-12,15H,6-9H2,1-5H3,(H,20,21). The molecular formula is C19H28O4. The van der Waals surface area contributed by atoms with Crippen LogP contribution in [0.15, 0.2) is 12.1 Å². The minimum absolute atomic E-state index is 0.0242. The molecule has 0 bridgehead atoms. The van der Waals surface area contributed by atoms with Crippen molar-refractivity contribution < 1.29 is 19.4 Å². The maximum Gasteiger partial charge on any atom is 0.339 e. The van der Waals surface area contributed by atoms with E-state index in [0.29, 0.717) is 5.92 Å². The Hall–Kier alpha value is -1.84. The number of esters is 1. The summed E-state index contributed by atoms with van der Waals surface area (Å²) in [6.45, 7) is 10.1. The van der Waals surface area contributed by atoms with Gasteiger partial charge in [0.15, 0.2) is 0 Å². The lowest BCUT2D eigenvalue weighted by atomic mass is 9.97. The highest BCUT2D eigenvalue weighted by atomic mass is 16.5. The van der Waals surface area contributed by atoms with E-state index in [9.17, 15) is 14.7 Å². The van der Waals surface area contributed by atoms with Crippen LogP contribution in [0.25, 0.3) is 0 Å². The summed E-state index contributed by atoms with van der Waals surface area (Å²) in [5.74, 6) is -1.09. The molecule has 0 saturated heterocycles. The van der Waals surface area contributed by atoms with Gasteiger partial charge in [-0.15, -0.1) is 0 Å². The van der Waals surface area contributed by atoms with E-state index in [-0.39, 0.29) is 17.2 Å². The van der Waals surface area contributed by atoms with Gasteiger partial charge in [-0.25, -0.2) is 9.59 Å². The summed E-state index contributed by atoms with van der Waals surface area (Å²) in [4.78, 5) is 23.9. The molecule has 1 rings (SSSR count). The highest BCUT2D eigenvalue weighted by Crippen LogP contribution is 2.21. The molecule has 0 spiro atoms. The van der Waals surface area contributed by atoms with Gasteiger partial charge in [0.25, 0.3) is 0 Å². The van der Waals surface area contributed by atoms with Crippen molar-refractivity contribution in [2.45, 2.75) is 66.4 Å². The number of carbonyl (C=O) groups is 2. The van der Waals surface area contributed by atoms with Crippen LogP contribution in [0.3, 0.4) is 0 Å². The van der Waals surface area contributed by atoms with Gasteiger partial charge >= 0.3 is 11.9 Å². The number of aryl methyl sites for hydroxylation is 2. The first-order valence-corrected chi connectivity index (χ1v) is 8.37. The third kappa shape index (κ3) is 5.38. The van der Waals surface area contributed by atoms with E-state index in [2.05, 4.69) is 13.8 Å². The zero-order valence-corrected chi connectivity index (χ0v) is 14.8. The number of carboxylic acid groups (broad SMARTS) is 1. The molecule has 1 atom stereocenters. The summed E-state index contributed by atoms with van der Waals surface area (Å²) in [7, 11) is 0. The molecule has 0 amide bonds. The molecule has 0 radical (unpaired) electrons. The minimum Gasteiger partial charge on any atom is -0.478 e. The maximum absolute atomic E-state index is 12.5. The van der Waals surface area contributed by atoms with E-state index < -0.39 is 11.9 Å². The van der Waals surface area contributed by atoms with Crippen LogP contribution in [0, 0.1) is 12.8 Å². The molecule has 1 N–H and O–H groups in total. The van der Waals surface area contributed by atoms with E-state index in [1.54, 1.807) is 12.1 Å². The molecule has 0 aromatic heterocycles. The Morgan fingerprint density at radius 2 is 1.78 bits per heavy atom. The number of ether oxygens (including phenoxy) is 1. The van der Waals surface area contributed by atoms with Gasteiger partial charge in [0.1, 0.15) is 6.10 Å². The van der Waals surface area contributed by atoms with Gasteiger partial charge < -0.3 is 9.84 Å². The van der Waals surface area contributed by atoms with Gasteiger partial charge in [0, 0.05) is 0 Å². The number of rotatable bonds is 8. The molecule has 0 heterocycles. The fraction of sp³-hybridized carbons (Fsp3) is 0.579. The molecule has 128 valence electrons. The number of benzene rings is 1. The summed E-state index contributed by atoms with van der Waals surface area (Å²) >= 11 is 0. The highest BCUT2D eigenvalue weighted by Gasteiger charge is 2.22. The Labute approximate surface area is 138 Å². The molecule has 0 fully saturated rings. The van der Waals surface area contributed by atoms with Gasteiger partial charge in [-0.2, -0.15) is 0 Å². The topological polar surface area (TPSA) is 63.6 Å². The summed E-state index contributed by atoms with van der Waals surface area (Å²) in [5, 5.41) is 9.39. The molecule has 0 saturated carbocycles. The van der Waals surface area contributed by atoms with Crippen molar-refractivity contribution >= 4 is 11.9 Å². The highest BCUT2D eigenvalue weighted by molar-refractivity contribution is 6.02. The third-order valence-corrected chi connectivity index (χ3v) is 4.10. The van der Waals surface area contributed by atoms with Crippen LogP contribution < -0.4 is 0 Å². The molecule has 4 nitrogen and oxygen atoms in total. The molecule has 1 aromatic rings. The van der Waals surface area contributed by atoms with Gasteiger partial charge in [-0.3, -0.25) is 0 Å². The molecular weight excluding hydrogens is 292 g/mol. The molecule has 1 unspecified atom stereocenters. The van der Waals surface area contributed by atoms with Crippen LogP contribution in [-0.2, 0) is 11.2 Å². The fourth-order valence-corrected chi connectivity index (χ4v) is 2.56. The quantitative estimate of drug-likeness (QED) is 0.709. The van der Waals surface area contributed by atoms with Crippen LogP contribution in [-0.4, -0.2) is 23.1 Å². The zero-order chi connectivity index (χ0) is 17.6. The number of hydrogen-bond donors (Lipinski definition) is 1. The Morgan fingerprint density at radius 3 is 2.26 bits per heavy atom. The Balaban J connectivity index is 3.02. The van der Waals surface area contributed by atoms with Crippen LogP contribution >= 0.6 is 0 Å².